The van der Waals surface area contributed by atoms with E-state index in [0.29, 0.717) is 29.4 Å². The molecule has 1 aliphatic heterocycles. The number of nitrogens with zero attached hydrogens (tertiary/aromatic N) is 2. The SMILES string of the molecule is Cc1cc(S(=O)(=O)NC(C)C)ccc1OCC(=O)N1CCN(c2cc(Cl)ccc2C)CC1. The van der Waals surface area contributed by atoms with Crippen molar-refractivity contribution in [2.75, 3.05) is 37.7 Å². The van der Waals surface area contributed by atoms with Gasteiger partial charge in [-0.15, -0.1) is 0 Å². The predicted octanol–water partition coefficient (Wildman–Crippen LogP) is 3.37. The lowest BCUT2D eigenvalue weighted by Gasteiger charge is -2.36. The smallest absolute Gasteiger partial charge is 0.260 e. The molecule has 0 spiro atoms. The van der Waals surface area contributed by atoms with Crippen LogP contribution in [0.3, 0.4) is 0 Å². The molecule has 1 amide bonds. The molecule has 9 heteroatoms. The minimum atomic E-state index is -3.57. The molecule has 174 valence electrons. The van der Waals surface area contributed by atoms with Crippen molar-refractivity contribution in [2.45, 2.75) is 38.6 Å². The van der Waals surface area contributed by atoms with Crippen molar-refractivity contribution in [3.05, 3.63) is 52.5 Å². The van der Waals surface area contributed by atoms with E-state index in [1.165, 1.54) is 6.07 Å². The molecule has 0 unspecified atom stereocenters. The number of carbonyl (C=O) groups is 1. The Bertz CT molecular complexity index is 1080. The number of anilines is 1. The Hall–Kier alpha value is -2.29. The number of halogens is 1. The first-order valence-corrected chi connectivity index (χ1v) is 12.5. The molecule has 1 heterocycles. The van der Waals surface area contributed by atoms with E-state index in [0.717, 1.165) is 24.3 Å². The molecule has 2 aromatic rings. The first kappa shape index (κ1) is 24.4. The van der Waals surface area contributed by atoms with Gasteiger partial charge in [0.15, 0.2) is 6.61 Å². The van der Waals surface area contributed by atoms with E-state index < -0.39 is 10.0 Å². The highest BCUT2D eigenvalue weighted by Crippen LogP contribution is 2.26. The van der Waals surface area contributed by atoms with Crippen LogP contribution in [0.15, 0.2) is 41.3 Å². The monoisotopic (exact) mass is 479 g/mol. The highest BCUT2D eigenvalue weighted by Gasteiger charge is 2.23. The van der Waals surface area contributed by atoms with Crippen LogP contribution in [0.2, 0.25) is 5.02 Å². The lowest BCUT2D eigenvalue weighted by Crippen LogP contribution is -2.50. The number of benzene rings is 2. The van der Waals surface area contributed by atoms with Crippen molar-refractivity contribution in [1.29, 1.82) is 0 Å². The van der Waals surface area contributed by atoms with Crippen LogP contribution in [0, 0.1) is 13.8 Å². The number of sulfonamides is 1. The average molecular weight is 480 g/mol. The third-order valence-corrected chi connectivity index (χ3v) is 7.23. The van der Waals surface area contributed by atoms with Gasteiger partial charge in [-0.1, -0.05) is 17.7 Å². The minimum Gasteiger partial charge on any atom is -0.483 e. The molecule has 3 rings (SSSR count). The van der Waals surface area contributed by atoms with Crippen molar-refractivity contribution < 1.29 is 17.9 Å². The Labute approximate surface area is 195 Å². The second-order valence-corrected chi connectivity index (χ2v) is 10.4. The van der Waals surface area contributed by atoms with Crippen molar-refractivity contribution in [3.63, 3.8) is 0 Å². The van der Waals surface area contributed by atoms with E-state index in [4.69, 9.17) is 16.3 Å². The fourth-order valence-corrected chi connectivity index (χ4v) is 5.18. The molecule has 0 bridgehead atoms. The summed E-state index contributed by atoms with van der Waals surface area (Å²) >= 11 is 6.14. The summed E-state index contributed by atoms with van der Waals surface area (Å²) in [5, 5.41) is 0.701. The summed E-state index contributed by atoms with van der Waals surface area (Å²) in [6.07, 6.45) is 0. The third kappa shape index (κ3) is 5.94. The second kappa shape index (κ2) is 10.1. The quantitative estimate of drug-likeness (QED) is 0.658. The van der Waals surface area contributed by atoms with Crippen LogP contribution in [0.4, 0.5) is 5.69 Å². The fourth-order valence-electron chi connectivity index (χ4n) is 3.68. The van der Waals surface area contributed by atoms with E-state index >= 15 is 0 Å². The average Bonchev–Trinajstić information content (AvgIpc) is 2.73. The lowest BCUT2D eigenvalue weighted by molar-refractivity contribution is -0.133. The number of hydrogen-bond donors (Lipinski definition) is 1. The summed E-state index contributed by atoms with van der Waals surface area (Å²) in [7, 11) is -3.57. The summed E-state index contributed by atoms with van der Waals surface area (Å²) < 4.78 is 32.9. The molecule has 32 heavy (non-hydrogen) atoms. The lowest BCUT2D eigenvalue weighted by atomic mass is 10.1. The molecule has 0 aliphatic carbocycles. The van der Waals surface area contributed by atoms with Gasteiger partial charge in [0.05, 0.1) is 4.90 Å². The number of nitrogens with one attached hydrogen (secondary N) is 1. The second-order valence-electron chi connectivity index (χ2n) is 8.29. The van der Waals surface area contributed by atoms with Crippen LogP contribution in [0.1, 0.15) is 25.0 Å². The van der Waals surface area contributed by atoms with E-state index in [9.17, 15) is 13.2 Å². The summed E-state index contributed by atoms with van der Waals surface area (Å²) in [4.78, 5) is 16.9. The zero-order chi connectivity index (χ0) is 23.5. The van der Waals surface area contributed by atoms with Crippen LogP contribution in [0.25, 0.3) is 0 Å². The summed E-state index contributed by atoms with van der Waals surface area (Å²) in [5.74, 6) is 0.403. The van der Waals surface area contributed by atoms with Gasteiger partial charge in [-0.3, -0.25) is 4.79 Å². The van der Waals surface area contributed by atoms with Crippen molar-refractivity contribution in [2.24, 2.45) is 0 Å². The molecular formula is C23H30ClN3O4S. The first-order chi connectivity index (χ1) is 15.1. The molecule has 7 nitrogen and oxygen atoms in total. The van der Waals surface area contributed by atoms with Crippen LogP contribution in [-0.4, -0.2) is 58.1 Å². The zero-order valence-corrected chi connectivity index (χ0v) is 20.5. The maximum atomic E-state index is 12.6. The molecule has 0 radical (unpaired) electrons. The highest BCUT2D eigenvalue weighted by atomic mass is 35.5. The van der Waals surface area contributed by atoms with Gasteiger partial charge in [0.25, 0.3) is 5.91 Å². The van der Waals surface area contributed by atoms with Gasteiger partial charge < -0.3 is 14.5 Å². The van der Waals surface area contributed by atoms with Gasteiger partial charge >= 0.3 is 0 Å². The molecular weight excluding hydrogens is 450 g/mol. The van der Waals surface area contributed by atoms with Crippen molar-refractivity contribution >= 4 is 33.2 Å². The molecule has 1 saturated heterocycles. The number of piperazine rings is 1. The number of aryl methyl sites for hydroxylation is 2. The third-order valence-electron chi connectivity index (χ3n) is 5.34. The number of carbonyl (C=O) groups excluding carboxylic acids is 1. The standard InChI is InChI=1S/C23H30ClN3O4S/c1-16(2)25-32(29,30)20-7-8-22(18(4)13-20)31-15-23(28)27-11-9-26(10-12-27)21-14-19(24)6-5-17(21)3/h5-8,13-14,16,25H,9-12,15H2,1-4H3. The topological polar surface area (TPSA) is 78.9 Å². The zero-order valence-electron chi connectivity index (χ0n) is 18.9. The largest absolute Gasteiger partial charge is 0.483 e. The van der Waals surface area contributed by atoms with Gasteiger partial charge in [0.1, 0.15) is 5.75 Å². The number of rotatable bonds is 7. The highest BCUT2D eigenvalue weighted by molar-refractivity contribution is 7.89. The van der Waals surface area contributed by atoms with Crippen LogP contribution >= 0.6 is 11.6 Å². The van der Waals surface area contributed by atoms with Crippen LogP contribution in [-0.2, 0) is 14.8 Å². The van der Waals surface area contributed by atoms with Gasteiger partial charge in [-0.25, -0.2) is 13.1 Å². The van der Waals surface area contributed by atoms with E-state index in [2.05, 4.69) is 16.5 Å². The van der Waals surface area contributed by atoms with Gasteiger partial charge in [0, 0.05) is 42.9 Å². The molecule has 1 aliphatic rings. The minimum absolute atomic E-state index is 0.0899. The van der Waals surface area contributed by atoms with E-state index in [1.807, 2.05) is 18.2 Å². The summed E-state index contributed by atoms with van der Waals surface area (Å²) in [6, 6.07) is 10.3. The first-order valence-electron chi connectivity index (χ1n) is 10.6. The Balaban J connectivity index is 1.56. The molecule has 0 atom stereocenters. The van der Waals surface area contributed by atoms with Crippen molar-refractivity contribution in [3.8, 4) is 5.75 Å². The van der Waals surface area contributed by atoms with Crippen molar-refractivity contribution in [1.82, 2.24) is 9.62 Å². The normalized spacial score (nSPS) is 14.7. The fraction of sp³-hybridized carbons (Fsp3) is 0.435. The summed E-state index contributed by atoms with van der Waals surface area (Å²) in [6.45, 7) is 9.91. The Morgan fingerprint density at radius 3 is 2.38 bits per heavy atom. The Morgan fingerprint density at radius 2 is 1.75 bits per heavy atom. The van der Waals surface area contributed by atoms with Gasteiger partial charge in [0.2, 0.25) is 10.0 Å². The Kier molecular flexibility index (Phi) is 7.69. The number of hydrogen-bond acceptors (Lipinski definition) is 5. The van der Waals surface area contributed by atoms with E-state index in [1.54, 1.807) is 37.8 Å². The molecule has 1 fully saturated rings. The maximum absolute atomic E-state index is 12.6. The molecule has 0 aromatic heterocycles. The molecule has 0 saturated carbocycles. The number of amides is 1. The number of ether oxygens (including phenoxy) is 1. The summed E-state index contributed by atoms with van der Waals surface area (Å²) in [5.41, 5.74) is 2.91. The predicted molar refractivity (Wildman–Crippen MR) is 127 cm³/mol. The van der Waals surface area contributed by atoms with Gasteiger partial charge in [-0.05, 0) is 69.2 Å². The molecule has 2 aromatic carbocycles. The van der Waals surface area contributed by atoms with Crippen LogP contribution in [0.5, 0.6) is 5.75 Å². The van der Waals surface area contributed by atoms with Gasteiger partial charge in [-0.2, -0.15) is 0 Å². The van der Waals surface area contributed by atoms with E-state index in [-0.39, 0.29) is 23.5 Å². The van der Waals surface area contributed by atoms with Crippen LogP contribution < -0.4 is 14.4 Å². The Morgan fingerprint density at radius 1 is 1.06 bits per heavy atom. The molecule has 1 N–H and O–H groups in total. The maximum Gasteiger partial charge on any atom is 0.260 e.